The molecule has 1 heterocycles. The lowest BCUT2D eigenvalue weighted by Gasteiger charge is -2.15. The second-order valence-electron chi connectivity index (χ2n) is 2.89. The van der Waals surface area contributed by atoms with Crippen LogP contribution >= 0.6 is 7.37 Å². The van der Waals surface area contributed by atoms with Crippen LogP contribution < -0.4 is 0 Å². The van der Waals surface area contributed by atoms with Crippen molar-refractivity contribution in [2.75, 3.05) is 13.3 Å². The normalized spacial score (nSPS) is 51.5. The lowest BCUT2D eigenvalue weighted by molar-refractivity contribution is 0.0443. The van der Waals surface area contributed by atoms with Crippen LogP contribution in [0.3, 0.4) is 0 Å². The van der Waals surface area contributed by atoms with Crippen LogP contribution in [0.15, 0.2) is 0 Å². The van der Waals surface area contributed by atoms with Crippen molar-refractivity contribution in [2.24, 2.45) is 0 Å². The Kier molecular flexibility index (Phi) is 2.40. The van der Waals surface area contributed by atoms with Gasteiger partial charge in [-0.1, -0.05) is 6.92 Å². The van der Waals surface area contributed by atoms with E-state index in [0.717, 1.165) is 0 Å². The van der Waals surface area contributed by atoms with Gasteiger partial charge in [0.05, 0.1) is 24.0 Å². The maximum Gasteiger partial charge on any atom is 0.210 e. The zero-order valence-corrected chi connectivity index (χ0v) is 7.49. The molecule has 0 aromatic rings. The number of hydrogen-bond acceptors (Lipinski definition) is 4. The minimum atomic E-state index is -2.75. The highest BCUT2D eigenvalue weighted by atomic mass is 31.2. The van der Waals surface area contributed by atoms with Gasteiger partial charge in [-0.05, 0) is 0 Å². The molecule has 0 spiro atoms. The summed E-state index contributed by atoms with van der Waals surface area (Å²) in [6, 6.07) is 0. The predicted octanol–water partition coefficient (Wildman–Crippen LogP) is 0.0348. The summed E-state index contributed by atoms with van der Waals surface area (Å²) in [6.07, 6.45) is -1.72. The molecule has 0 unspecified atom stereocenters. The lowest BCUT2D eigenvalue weighted by atomic mass is 10.2. The third-order valence-electron chi connectivity index (χ3n) is 2.26. The average Bonchev–Trinajstić information content (AvgIpc) is 2.17. The van der Waals surface area contributed by atoms with Gasteiger partial charge in [0.15, 0.2) is 0 Å². The molecule has 1 aliphatic heterocycles. The van der Waals surface area contributed by atoms with Crippen LogP contribution in [0.4, 0.5) is 0 Å². The lowest BCUT2D eigenvalue weighted by Crippen LogP contribution is -2.27. The molecule has 1 saturated heterocycles. The zero-order chi connectivity index (χ0) is 8.65. The standard InChI is InChI=1S/C6H13O4P/c1-4-6(8)5(7)3-11(4,9)10-2/h4-8H,3H2,1-2H3/t4-,5+,6-,11-/m1/s1. The summed E-state index contributed by atoms with van der Waals surface area (Å²) in [6.45, 7) is 1.63. The van der Waals surface area contributed by atoms with Crippen molar-refractivity contribution in [2.45, 2.75) is 24.8 Å². The Labute approximate surface area is 65.6 Å². The number of aliphatic hydroxyl groups excluding tert-OH is 2. The molecule has 4 nitrogen and oxygen atoms in total. The van der Waals surface area contributed by atoms with Crippen molar-refractivity contribution in [1.82, 2.24) is 0 Å². The van der Waals surface area contributed by atoms with Crippen LogP contribution in [0, 0.1) is 0 Å². The molecule has 1 aliphatic rings. The van der Waals surface area contributed by atoms with Crippen LogP contribution in [0.2, 0.25) is 0 Å². The van der Waals surface area contributed by atoms with Crippen LogP contribution in [0.25, 0.3) is 0 Å². The molecule has 5 heteroatoms. The molecule has 0 aromatic heterocycles. The van der Waals surface area contributed by atoms with E-state index in [1.807, 2.05) is 0 Å². The minimum Gasteiger partial charge on any atom is -0.390 e. The van der Waals surface area contributed by atoms with E-state index in [1.54, 1.807) is 6.92 Å². The molecule has 4 atom stereocenters. The smallest absolute Gasteiger partial charge is 0.210 e. The van der Waals surface area contributed by atoms with Gasteiger partial charge in [-0.15, -0.1) is 0 Å². The van der Waals surface area contributed by atoms with E-state index < -0.39 is 25.2 Å². The topological polar surface area (TPSA) is 66.8 Å². The number of aliphatic hydroxyl groups is 2. The van der Waals surface area contributed by atoms with E-state index in [2.05, 4.69) is 0 Å². The SMILES string of the molecule is CO[P@]1(=O)C[C@H](O)[C@H](O)[C@H]1C. The Morgan fingerprint density at radius 3 is 2.27 bits per heavy atom. The summed E-state index contributed by atoms with van der Waals surface area (Å²) >= 11 is 0. The zero-order valence-electron chi connectivity index (χ0n) is 6.60. The van der Waals surface area contributed by atoms with E-state index in [1.165, 1.54) is 7.11 Å². The predicted molar refractivity (Wildman–Crippen MR) is 41.0 cm³/mol. The molecule has 0 amide bonds. The fraction of sp³-hybridized carbons (Fsp3) is 1.00. The van der Waals surface area contributed by atoms with Crippen LogP contribution in [0.5, 0.6) is 0 Å². The number of rotatable bonds is 1. The Morgan fingerprint density at radius 1 is 1.55 bits per heavy atom. The summed E-state index contributed by atoms with van der Waals surface area (Å²) in [7, 11) is -1.40. The summed E-state index contributed by atoms with van der Waals surface area (Å²) < 4.78 is 16.4. The first-order chi connectivity index (χ1) is 5.01. The largest absolute Gasteiger partial charge is 0.390 e. The Balaban J connectivity index is 2.82. The summed E-state index contributed by atoms with van der Waals surface area (Å²) in [5, 5.41) is 18.4. The first-order valence-corrected chi connectivity index (χ1v) is 5.40. The molecule has 0 bridgehead atoms. The van der Waals surface area contributed by atoms with Crippen LogP contribution in [-0.4, -0.2) is 41.4 Å². The highest BCUT2D eigenvalue weighted by Crippen LogP contribution is 2.57. The summed E-state index contributed by atoms with van der Waals surface area (Å²) in [5.74, 6) is 0. The molecule has 11 heavy (non-hydrogen) atoms. The maximum atomic E-state index is 11.6. The first-order valence-electron chi connectivity index (χ1n) is 3.52. The van der Waals surface area contributed by atoms with Gasteiger partial charge in [0.2, 0.25) is 7.37 Å². The summed E-state index contributed by atoms with van der Waals surface area (Å²) in [5.41, 5.74) is -0.442. The third-order valence-corrected chi connectivity index (χ3v) is 5.31. The Morgan fingerprint density at radius 2 is 2.09 bits per heavy atom. The van der Waals surface area contributed by atoms with Gasteiger partial charge in [0.1, 0.15) is 0 Å². The molecule has 0 aromatic carbocycles. The molecular weight excluding hydrogens is 167 g/mol. The fourth-order valence-electron chi connectivity index (χ4n) is 1.33. The quantitative estimate of drug-likeness (QED) is 0.559. The van der Waals surface area contributed by atoms with E-state index >= 15 is 0 Å². The van der Waals surface area contributed by atoms with Gasteiger partial charge in [0, 0.05) is 7.11 Å². The van der Waals surface area contributed by atoms with Gasteiger partial charge in [0.25, 0.3) is 0 Å². The first kappa shape index (κ1) is 9.20. The van der Waals surface area contributed by atoms with E-state index in [9.17, 15) is 9.67 Å². The third kappa shape index (κ3) is 1.36. The second kappa shape index (κ2) is 2.87. The van der Waals surface area contributed by atoms with E-state index in [-0.39, 0.29) is 6.16 Å². The fourth-order valence-corrected chi connectivity index (χ4v) is 3.55. The van der Waals surface area contributed by atoms with Crippen molar-refractivity contribution in [3.05, 3.63) is 0 Å². The molecule has 2 N–H and O–H groups in total. The molecule has 0 saturated carbocycles. The molecule has 0 aliphatic carbocycles. The van der Waals surface area contributed by atoms with Crippen molar-refractivity contribution in [3.8, 4) is 0 Å². The van der Waals surface area contributed by atoms with Crippen LogP contribution in [0.1, 0.15) is 6.92 Å². The van der Waals surface area contributed by atoms with Gasteiger partial charge in [-0.25, -0.2) is 0 Å². The molecule has 66 valence electrons. The van der Waals surface area contributed by atoms with Crippen molar-refractivity contribution in [3.63, 3.8) is 0 Å². The Bertz CT molecular complexity index is 193. The van der Waals surface area contributed by atoms with Gasteiger partial charge in [-0.2, -0.15) is 0 Å². The van der Waals surface area contributed by atoms with Crippen molar-refractivity contribution in [1.29, 1.82) is 0 Å². The van der Waals surface area contributed by atoms with Crippen LogP contribution in [-0.2, 0) is 9.09 Å². The van der Waals surface area contributed by atoms with E-state index in [4.69, 9.17) is 9.63 Å². The van der Waals surface area contributed by atoms with Gasteiger partial charge in [-0.3, -0.25) is 4.57 Å². The molecule has 1 rings (SSSR count). The van der Waals surface area contributed by atoms with Gasteiger partial charge < -0.3 is 14.7 Å². The molecule has 1 fully saturated rings. The highest BCUT2D eigenvalue weighted by Gasteiger charge is 2.47. The van der Waals surface area contributed by atoms with Crippen molar-refractivity contribution < 1.29 is 19.3 Å². The number of hydrogen-bond donors (Lipinski definition) is 2. The van der Waals surface area contributed by atoms with Gasteiger partial charge >= 0.3 is 0 Å². The Hall–Kier alpha value is 0.110. The minimum absolute atomic E-state index is 0.0752. The second-order valence-corrected chi connectivity index (χ2v) is 5.89. The maximum absolute atomic E-state index is 11.6. The molecule has 0 radical (unpaired) electrons. The average molecular weight is 180 g/mol. The molecular formula is C6H13O4P. The van der Waals surface area contributed by atoms with Crippen molar-refractivity contribution >= 4 is 7.37 Å². The monoisotopic (exact) mass is 180 g/mol. The van der Waals surface area contributed by atoms with E-state index in [0.29, 0.717) is 0 Å². The summed E-state index contributed by atoms with van der Waals surface area (Å²) in [4.78, 5) is 0. The highest BCUT2D eigenvalue weighted by molar-refractivity contribution is 7.60.